The maximum absolute atomic E-state index is 14.2. The summed E-state index contributed by atoms with van der Waals surface area (Å²) >= 11 is 0. The molecule has 9 rings (SSSR count). The zero-order valence-corrected chi connectivity index (χ0v) is 50.6. The molecule has 1 saturated carbocycles. The lowest BCUT2D eigenvalue weighted by atomic mass is 10.0. The van der Waals surface area contributed by atoms with Gasteiger partial charge in [0.05, 0.1) is 68.6 Å². The number of methoxy groups -OCH3 is 2. The van der Waals surface area contributed by atoms with Gasteiger partial charge in [-0.25, -0.2) is 19.2 Å². The molecule has 1 unspecified atom stereocenters. The van der Waals surface area contributed by atoms with Crippen molar-refractivity contribution in [3.63, 3.8) is 0 Å². The topological polar surface area (TPSA) is 321 Å². The summed E-state index contributed by atoms with van der Waals surface area (Å²) in [7, 11) is -1.39. The molecule has 26 nitrogen and oxygen atoms in total. The van der Waals surface area contributed by atoms with Crippen LogP contribution in [0.2, 0.25) is 0 Å². The predicted octanol–water partition coefficient (Wildman–Crippen LogP) is 5.19. The number of amides is 7. The van der Waals surface area contributed by atoms with Crippen molar-refractivity contribution in [1.29, 1.82) is 0 Å². The van der Waals surface area contributed by atoms with Crippen LogP contribution in [-0.2, 0) is 45.4 Å². The summed E-state index contributed by atoms with van der Waals surface area (Å²) in [6, 6.07) is 9.29. The summed E-state index contributed by atoms with van der Waals surface area (Å²) in [5, 5.41) is 19.8. The Bertz CT molecular complexity index is 3360. The standard InChI is InChI=1S/C61H75N9O17S/c1-34(2)53(66-52(71)33-83-22-19-63-88(79,80)67-60(77)87-54-41-13-10-8-9-11-14-42(41)54)56(73)64-37(5)55(72)65-39-17-15-38(16-18-39)32-86-61(78)70-46-28-51(49(82-7)26-44(46)58(75)69-31-36(4)24-47(69)59(70)76)85-21-12-20-84-50-27-45-43(25-48(50)81-6)57(74)68-30-35(3)23-40(68)29-62-45/h8-9,15-18,25-29,34,37,40-42,47,53-54,59,63,76H,3-4,10-14,19-24,30-33H2,1-2,5-7H3,(H,64,73)(H,65,72)(H,66,71)(H,67,77)/b9-8-/t37-,40-,41-,42+,47-,53-,54?,59-/m0/s1. The van der Waals surface area contributed by atoms with Crippen LogP contribution in [0.4, 0.5) is 26.7 Å². The Kier molecular flexibility index (Phi) is 20.4. The van der Waals surface area contributed by atoms with Crippen LogP contribution in [0.1, 0.15) is 92.0 Å². The van der Waals surface area contributed by atoms with Gasteiger partial charge >= 0.3 is 22.4 Å². The van der Waals surface area contributed by atoms with Gasteiger partial charge in [0.1, 0.15) is 31.4 Å². The molecule has 27 heteroatoms. The first kappa shape index (κ1) is 64.0. The molecule has 4 heterocycles. The van der Waals surface area contributed by atoms with Crippen LogP contribution >= 0.6 is 0 Å². The highest BCUT2D eigenvalue weighted by atomic mass is 32.2. The van der Waals surface area contributed by atoms with Gasteiger partial charge in [-0.2, -0.15) is 13.1 Å². The number of hydrogen-bond acceptors (Lipinski definition) is 18. The number of anilines is 2. The lowest BCUT2D eigenvalue weighted by molar-refractivity contribution is -0.133. The molecule has 0 spiro atoms. The van der Waals surface area contributed by atoms with Crippen LogP contribution in [-0.4, -0.2) is 168 Å². The van der Waals surface area contributed by atoms with Gasteiger partial charge in [-0.15, -0.1) is 0 Å². The first-order chi connectivity index (χ1) is 42.1. The van der Waals surface area contributed by atoms with E-state index in [-0.39, 0.29) is 98.6 Å². The zero-order valence-electron chi connectivity index (χ0n) is 49.7. The molecule has 0 bridgehead atoms. The van der Waals surface area contributed by atoms with E-state index >= 15 is 0 Å². The molecule has 4 aliphatic heterocycles. The number of carbonyl (C=O) groups is 7. The highest BCUT2D eigenvalue weighted by Crippen LogP contribution is 2.49. The molecule has 8 atom stereocenters. The number of hydrogen-bond donors (Lipinski definition) is 6. The quantitative estimate of drug-likeness (QED) is 0.0496. The van der Waals surface area contributed by atoms with Crippen molar-refractivity contribution in [2.24, 2.45) is 22.7 Å². The Labute approximate surface area is 510 Å². The van der Waals surface area contributed by atoms with Crippen molar-refractivity contribution in [3.8, 4) is 23.0 Å². The Morgan fingerprint density at radius 1 is 0.784 bits per heavy atom. The number of aliphatic hydroxyl groups is 1. The minimum atomic E-state index is -4.27. The van der Waals surface area contributed by atoms with Gasteiger partial charge in [0.15, 0.2) is 29.2 Å². The minimum Gasteiger partial charge on any atom is -0.493 e. The number of fused-ring (bicyclic) bond motifs is 5. The summed E-state index contributed by atoms with van der Waals surface area (Å²) in [5.41, 5.74) is 3.37. The molecule has 3 aromatic rings. The number of aliphatic hydroxyl groups excluding tert-OH is 1. The fourth-order valence-electron chi connectivity index (χ4n) is 11.3. The van der Waals surface area contributed by atoms with Gasteiger partial charge in [-0.3, -0.25) is 29.0 Å². The number of benzene rings is 3. The number of allylic oxidation sites excluding steroid dienone is 2. The molecule has 0 radical (unpaired) electrons. The monoisotopic (exact) mass is 1240 g/mol. The fraction of sp³-hybridized carbons (Fsp3) is 0.475. The van der Waals surface area contributed by atoms with E-state index in [1.54, 1.807) is 61.4 Å². The van der Waals surface area contributed by atoms with Gasteiger partial charge in [0.2, 0.25) is 17.7 Å². The molecule has 88 heavy (non-hydrogen) atoms. The van der Waals surface area contributed by atoms with Crippen molar-refractivity contribution in [3.05, 3.63) is 102 Å². The Morgan fingerprint density at radius 3 is 2.09 bits per heavy atom. The van der Waals surface area contributed by atoms with Crippen LogP contribution in [0.25, 0.3) is 0 Å². The van der Waals surface area contributed by atoms with Gasteiger partial charge in [-0.1, -0.05) is 62.4 Å². The molecular weight excluding hydrogens is 1160 g/mol. The summed E-state index contributed by atoms with van der Waals surface area (Å²) in [5.74, 6) is -1.47. The van der Waals surface area contributed by atoms with Crippen LogP contribution < -0.4 is 49.2 Å². The number of nitrogens with one attached hydrogen (secondary N) is 5. The zero-order chi connectivity index (χ0) is 63.0. The van der Waals surface area contributed by atoms with Crippen LogP contribution in [0.3, 0.4) is 0 Å². The first-order valence-corrected chi connectivity index (χ1v) is 30.6. The SMILES string of the molecule is C=C1C[C@H]2C=Nc3cc(OCCCOc4cc5c(cc4OC)C(=O)N4CC(=C)C[C@H]4[C@H](O)N5C(=O)OCc4ccc(NC(=O)[C@H](C)NC(=O)[C@@H](NC(=O)COCCNS(=O)(=O)NC(=O)OC5[C@H]6CC/C=C\CC[C@@H]56)C(C)C)cc4)c(OC)cc3C(=O)N2C1. The number of carbonyl (C=O) groups excluding carboxylic acids is 7. The lowest BCUT2D eigenvalue weighted by Crippen LogP contribution is -2.54. The average molecular weight is 1240 g/mol. The second-order valence-corrected chi connectivity index (χ2v) is 24.2. The molecule has 2 saturated heterocycles. The smallest absolute Gasteiger partial charge is 0.422 e. The summed E-state index contributed by atoms with van der Waals surface area (Å²) in [6.07, 6.45) is 6.69. The number of ether oxygens (including phenoxy) is 7. The van der Waals surface area contributed by atoms with E-state index in [1.165, 1.54) is 38.2 Å². The highest BCUT2D eigenvalue weighted by Gasteiger charge is 2.52. The van der Waals surface area contributed by atoms with Gasteiger partial charge < -0.3 is 64.0 Å². The maximum Gasteiger partial charge on any atom is 0.422 e. The summed E-state index contributed by atoms with van der Waals surface area (Å²) < 4.78 is 68.9. The second kappa shape index (κ2) is 28.1. The van der Waals surface area contributed by atoms with Crippen molar-refractivity contribution in [1.82, 2.24) is 29.9 Å². The first-order valence-electron chi connectivity index (χ1n) is 29.2. The fourth-order valence-corrected chi connectivity index (χ4v) is 12.0. The van der Waals surface area contributed by atoms with E-state index in [0.29, 0.717) is 59.0 Å². The maximum atomic E-state index is 14.2. The molecular formula is C61H75N9O17S. The third kappa shape index (κ3) is 15.2. The van der Waals surface area contributed by atoms with E-state index in [9.17, 15) is 47.1 Å². The molecule has 2 aliphatic carbocycles. The molecule has 472 valence electrons. The van der Waals surface area contributed by atoms with Crippen molar-refractivity contribution >= 4 is 75.2 Å². The van der Waals surface area contributed by atoms with Crippen molar-refractivity contribution in [2.45, 2.75) is 109 Å². The molecule has 6 N–H and O–H groups in total. The van der Waals surface area contributed by atoms with Crippen LogP contribution in [0.15, 0.2) is 90.0 Å². The van der Waals surface area contributed by atoms with Crippen molar-refractivity contribution in [2.75, 3.05) is 70.5 Å². The molecule has 3 aromatic carbocycles. The van der Waals surface area contributed by atoms with Crippen LogP contribution in [0, 0.1) is 17.8 Å². The van der Waals surface area contributed by atoms with Crippen LogP contribution in [0.5, 0.6) is 23.0 Å². The van der Waals surface area contributed by atoms with Gasteiger partial charge in [0.25, 0.3) is 11.8 Å². The van der Waals surface area contributed by atoms with Crippen molar-refractivity contribution < 1.29 is 80.2 Å². The van der Waals surface area contributed by atoms with E-state index in [2.05, 4.69) is 51.0 Å². The number of aliphatic imine (C=N–C) groups is 1. The third-order valence-electron chi connectivity index (χ3n) is 16.0. The third-order valence-corrected chi connectivity index (χ3v) is 17.0. The van der Waals surface area contributed by atoms with Gasteiger partial charge in [-0.05, 0) is 81.2 Å². The predicted molar refractivity (Wildman–Crippen MR) is 321 cm³/mol. The van der Waals surface area contributed by atoms with Gasteiger partial charge in [0, 0.05) is 61.9 Å². The van der Waals surface area contributed by atoms with E-state index in [4.69, 9.17) is 33.2 Å². The Morgan fingerprint density at radius 2 is 1.42 bits per heavy atom. The Hall–Kier alpha value is -8.53. The molecule has 0 aromatic heterocycles. The summed E-state index contributed by atoms with van der Waals surface area (Å²) in [4.78, 5) is 102. The molecule has 6 aliphatic rings. The largest absolute Gasteiger partial charge is 0.493 e. The Balaban J connectivity index is 0.740. The second-order valence-electron chi connectivity index (χ2n) is 22.7. The average Bonchev–Trinajstić information content (AvgIpc) is 1.96. The number of rotatable bonds is 24. The normalized spacial score (nSPS) is 22.0. The van der Waals surface area contributed by atoms with E-state index in [0.717, 1.165) is 36.2 Å². The lowest BCUT2D eigenvalue weighted by Gasteiger charge is -2.31. The molecule has 3 fully saturated rings. The minimum absolute atomic E-state index is 0.0143. The van der Waals surface area contributed by atoms with E-state index in [1.807, 2.05) is 4.72 Å². The molecule has 7 amide bonds. The number of nitrogens with zero attached hydrogens (tertiary/aromatic N) is 4. The van der Waals surface area contributed by atoms with E-state index < -0.39 is 82.9 Å². The summed E-state index contributed by atoms with van der Waals surface area (Å²) in [6.45, 7) is 12.4. The highest BCUT2D eigenvalue weighted by molar-refractivity contribution is 7.88.